The van der Waals surface area contributed by atoms with E-state index in [0.717, 1.165) is 0 Å². The van der Waals surface area contributed by atoms with Crippen molar-refractivity contribution in [2.45, 2.75) is 24.5 Å². The van der Waals surface area contributed by atoms with E-state index in [9.17, 15) is 40.2 Å². The Morgan fingerprint density at radius 2 is 1.12 bits per heavy atom. The van der Waals surface area contributed by atoms with Crippen LogP contribution in [0.2, 0.25) is 0 Å². The van der Waals surface area contributed by atoms with E-state index in [2.05, 4.69) is 0 Å². The molecule has 2 aromatic carbocycles. The van der Waals surface area contributed by atoms with Crippen molar-refractivity contribution in [3.05, 3.63) is 70.3 Å². The smallest absolute Gasteiger partial charge is 0.386 e. The number of benzene rings is 2. The molecule has 0 heterocycles. The zero-order valence-electron chi connectivity index (χ0n) is 12.7. The SMILES string of the molecule is N[C@@H](c1ccc(C(F)(F)F)cc1F)[C@H](O)c1ccc(C(F)(F)F)cc1F. The molecule has 26 heavy (non-hydrogen) atoms. The third-order valence-electron chi connectivity index (χ3n) is 3.67. The molecule has 0 aliphatic rings. The molecule has 0 saturated carbocycles. The molecule has 0 aromatic heterocycles. The number of alkyl halides is 6. The van der Waals surface area contributed by atoms with Gasteiger partial charge in [-0.05, 0) is 24.3 Å². The number of nitrogens with two attached hydrogens (primary N) is 1. The van der Waals surface area contributed by atoms with Crippen molar-refractivity contribution in [2.24, 2.45) is 5.73 Å². The Morgan fingerprint density at radius 1 is 0.731 bits per heavy atom. The van der Waals surface area contributed by atoms with E-state index in [1.54, 1.807) is 0 Å². The molecule has 3 N–H and O–H groups in total. The van der Waals surface area contributed by atoms with Crippen molar-refractivity contribution >= 4 is 0 Å². The van der Waals surface area contributed by atoms with Crippen molar-refractivity contribution in [1.29, 1.82) is 0 Å². The maximum atomic E-state index is 13.9. The van der Waals surface area contributed by atoms with E-state index in [-0.39, 0.29) is 12.1 Å². The van der Waals surface area contributed by atoms with Gasteiger partial charge in [-0.2, -0.15) is 26.3 Å². The van der Waals surface area contributed by atoms with E-state index in [1.165, 1.54) is 0 Å². The van der Waals surface area contributed by atoms with Crippen LogP contribution in [0.3, 0.4) is 0 Å². The maximum Gasteiger partial charge on any atom is 0.416 e. The Kier molecular flexibility index (Phi) is 5.29. The van der Waals surface area contributed by atoms with Crippen LogP contribution >= 0.6 is 0 Å². The van der Waals surface area contributed by atoms with Gasteiger partial charge >= 0.3 is 12.4 Å². The van der Waals surface area contributed by atoms with Crippen LogP contribution in [0.25, 0.3) is 0 Å². The van der Waals surface area contributed by atoms with E-state index in [4.69, 9.17) is 5.73 Å². The summed E-state index contributed by atoms with van der Waals surface area (Å²) in [5.41, 5.74) is 1.77. The van der Waals surface area contributed by atoms with Gasteiger partial charge in [0.25, 0.3) is 0 Å². The van der Waals surface area contributed by atoms with Gasteiger partial charge in [0.2, 0.25) is 0 Å². The van der Waals surface area contributed by atoms with Gasteiger partial charge in [0, 0.05) is 11.1 Å². The van der Waals surface area contributed by atoms with Crippen LogP contribution in [0, 0.1) is 11.6 Å². The first-order valence-corrected chi connectivity index (χ1v) is 6.99. The van der Waals surface area contributed by atoms with Crippen molar-refractivity contribution in [1.82, 2.24) is 0 Å². The molecule has 0 aliphatic carbocycles. The van der Waals surface area contributed by atoms with E-state index in [0.29, 0.717) is 24.3 Å². The van der Waals surface area contributed by atoms with Crippen molar-refractivity contribution in [3.8, 4) is 0 Å². The van der Waals surface area contributed by atoms with Crippen LogP contribution in [-0.4, -0.2) is 5.11 Å². The molecule has 0 bridgehead atoms. The van der Waals surface area contributed by atoms with Crippen molar-refractivity contribution in [3.63, 3.8) is 0 Å². The molecule has 0 radical (unpaired) electrons. The Bertz CT molecular complexity index is 732. The summed E-state index contributed by atoms with van der Waals surface area (Å²) in [6.45, 7) is 0. The Labute approximate surface area is 141 Å². The summed E-state index contributed by atoms with van der Waals surface area (Å²) in [5.74, 6) is -2.83. The highest BCUT2D eigenvalue weighted by Gasteiger charge is 2.34. The van der Waals surface area contributed by atoms with Gasteiger partial charge in [0.15, 0.2) is 0 Å². The third kappa shape index (κ3) is 4.13. The first-order chi connectivity index (χ1) is 11.8. The molecule has 0 amide bonds. The van der Waals surface area contributed by atoms with Crippen molar-refractivity contribution < 1.29 is 40.2 Å². The van der Waals surface area contributed by atoms with Gasteiger partial charge in [-0.25, -0.2) is 8.78 Å². The summed E-state index contributed by atoms with van der Waals surface area (Å²) in [6.07, 6.45) is -11.6. The van der Waals surface area contributed by atoms with Crippen LogP contribution in [-0.2, 0) is 12.4 Å². The second kappa shape index (κ2) is 6.84. The number of rotatable bonds is 3. The molecule has 2 rings (SSSR count). The summed E-state index contributed by atoms with van der Waals surface area (Å²) in [4.78, 5) is 0. The highest BCUT2D eigenvalue weighted by molar-refractivity contribution is 5.33. The van der Waals surface area contributed by atoms with E-state index >= 15 is 0 Å². The number of hydrogen-bond donors (Lipinski definition) is 2. The van der Waals surface area contributed by atoms with Gasteiger partial charge in [-0.3, -0.25) is 0 Å². The van der Waals surface area contributed by atoms with Gasteiger partial charge in [0.05, 0.1) is 17.2 Å². The molecule has 2 nitrogen and oxygen atoms in total. The highest BCUT2D eigenvalue weighted by Crippen LogP contribution is 2.36. The largest absolute Gasteiger partial charge is 0.416 e. The van der Waals surface area contributed by atoms with Crippen LogP contribution in [0.5, 0.6) is 0 Å². The second-order valence-corrected chi connectivity index (χ2v) is 5.44. The highest BCUT2D eigenvalue weighted by atomic mass is 19.4. The van der Waals surface area contributed by atoms with Gasteiger partial charge in [0.1, 0.15) is 17.7 Å². The maximum absolute atomic E-state index is 13.9. The van der Waals surface area contributed by atoms with Gasteiger partial charge in [-0.1, -0.05) is 12.1 Å². The summed E-state index contributed by atoms with van der Waals surface area (Å²) < 4.78 is 103. The fourth-order valence-corrected chi connectivity index (χ4v) is 2.28. The normalized spacial score (nSPS) is 15.0. The minimum absolute atomic E-state index is 0.133. The number of aliphatic hydroxyl groups is 1. The molecule has 0 aliphatic heterocycles. The zero-order chi connectivity index (χ0) is 19.9. The molecule has 0 saturated heterocycles. The van der Waals surface area contributed by atoms with Crippen LogP contribution in [0.15, 0.2) is 36.4 Å². The molecule has 0 spiro atoms. The molecule has 0 fully saturated rings. The number of hydrogen-bond acceptors (Lipinski definition) is 2. The first kappa shape index (κ1) is 20.1. The lowest BCUT2D eigenvalue weighted by molar-refractivity contribution is -0.138. The fraction of sp³-hybridized carbons (Fsp3) is 0.250. The molecule has 2 aromatic rings. The summed E-state index contributed by atoms with van der Waals surface area (Å²) in [6, 6.07) is 0.910. The van der Waals surface area contributed by atoms with Gasteiger partial charge < -0.3 is 10.8 Å². The first-order valence-electron chi connectivity index (χ1n) is 6.99. The minimum Gasteiger partial charge on any atom is -0.386 e. The zero-order valence-corrected chi connectivity index (χ0v) is 12.7. The monoisotopic (exact) mass is 385 g/mol. The van der Waals surface area contributed by atoms with E-state index in [1.807, 2.05) is 0 Å². The standard InChI is InChI=1S/C16H11F8NO/c17-11-5-7(15(19,20)21)1-3-9(11)13(25)14(26)10-4-2-8(6-12(10)18)16(22,23)24/h1-6,13-14,26H,25H2/t13-,14+/m0/s1. The second-order valence-electron chi connectivity index (χ2n) is 5.44. The van der Waals surface area contributed by atoms with Crippen LogP contribution < -0.4 is 5.73 Å². The molecular formula is C16H11F8NO. The quantitative estimate of drug-likeness (QED) is 0.750. The van der Waals surface area contributed by atoms with E-state index < -0.39 is 58.4 Å². The Balaban J connectivity index is 2.34. The topological polar surface area (TPSA) is 46.2 Å². The summed E-state index contributed by atoms with van der Waals surface area (Å²) in [5, 5.41) is 10.0. The average Bonchev–Trinajstić information content (AvgIpc) is 2.51. The van der Waals surface area contributed by atoms with Gasteiger partial charge in [-0.15, -0.1) is 0 Å². The third-order valence-corrected chi connectivity index (χ3v) is 3.67. The minimum atomic E-state index is -4.81. The lowest BCUT2D eigenvalue weighted by atomic mass is 9.94. The Hall–Kier alpha value is -2.20. The number of halogens is 8. The Morgan fingerprint density at radius 3 is 1.46 bits per heavy atom. The van der Waals surface area contributed by atoms with Crippen LogP contribution in [0.4, 0.5) is 35.1 Å². The molecule has 2 atom stereocenters. The summed E-state index contributed by atoms with van der Waals surface area (Å²) in [7, 11) is 0. The van der Waals surface area contributed by atoms with Crippen LogP contribution in [0.1, 0.15) is 34.4 Å². The molecule has 10 heteroatoms. The lowest BCUT2D eigenvalue weighted by Gasteiger charge is -2.21. The predicted molar refractivity (Wildman–Crippen MR) is 74.7 cm³/mol. The number of aliphatic hydroxyl groups excluding tert-OH is 1. The lowest BCUT2D eigenvalue weighted by Crippen LogP contribution is -2.22. The van der Waals surface area contributed by atoms with Crippen molar-refractivity contribution in [2.75, 3.05) is 0 Å². The molecule has 142 valence electrons. The molecular weight excluding hydrogens is 374 g/mol. The fourth-order valence-electron chi connectivity index (χ4n) is 2.28. The molecule has 0 unspecified atom stereocenters. The average molecular weight is 385 g/mol. The summed E-state index contributed by atoms with van der Waals surface area (Å²) >= 11 is 0. The predicted octanol–water partition coefficient (Wildman–Crippen LogP) is 4.74.